The van der Waals surface area contributed by atoms with Gasteiger partial charge in [-0.2, -0.15) is 0 Å². The Kier molecular flexibility index (Phi) is 6.67. The average Bonchev–Trinajstić information content (AvgIpc) is 3.08. The summed E-state index contributed by atoms with van der Waals surface area (Å²) < 4.78 is 19.7. The highest BCUT2D eigenvalue weighted by molar-refractivity contribution is 7.80. The number of carbonyl (C=O) groups is 1. The molecule has 158 valence electrons. The molecule has 10 nitrogen and oxygen atoms in total. The number of thiocarbonyl (C=S) groups is 1. The van der Waals surface area contributed by atoms with E-state index in [1.807, 2.05) is 0 Å². The normalized spacial score (nSPS) is 15.6. The Labute approximate surface area is 176 Å². The van der Waals surface area contributed by atoms with Crippen molar-refractivity contribution in [2.45, 2.75) is 19.4 Å². The maximum atomic E-state index is 14.5. The molecule has 1 aliphatic rings. The molecule has 3 rings (SSSR count). The van der Waals surface area contributed by atoms with Crippen molar-refractivity contribution >= 4 is 40.4 Å². The summed E-state index contributed by atoms with van der Waals surface area (Å²) in [7, 11) is 0. The minimum Gasteiger partial charge on any atom is -0.442 e. The van der Waals surface area contributed by atoms with Crippen LogP contribution in [-0.4, -0.2) is 51.7 Å². The molecule has 1 aromatic carbocycles. The van der Waals surface area contributed by atoms with Gasteiger partial charge in [-0.25, -0.2) is 19.2 Å². The van der Waals surface area contributed by atoms with E-state index in [4.69, 9.17) is 17.0 Å². The van der Waals surface area contributed by atoms with Gasteiger partial charge >= 0.3 is 11.8 Å². The molecule has 0 bridgehead atoms. The lowest BCUT2D eigenvalue weighted by molar-refractivity contribution is -0.385. The number of amides is 1. The Morgan fingerprint density at radius 1 is 1.43 bits per heavy atom. The molecule has 30 heavy (non-hydrogen) atoms. The number of hydrogen-bond acceptors (Lipinski definition) is 8. The lowest BCUT2D eigenvalue weighted by Crippen LogP contribution is -2.32. The minimum atomic E-state index is -0.577. The predicted octanol–water partition coefficient (Wildman–Crippen LogP) is 2.44. The van der Waals surface area contributed by atoms with Crippen molar-refractivity contribution in [3.63, 3.8) is 0 Å². The monoisotopic (exact) mass is 434 g/mol. The van der Waals surface area contributed by atoms with Crippen LogP contribution in [0.3, 0.4) is 0 Å². The summed E-state index contributed by atoms with van der Waals surface area (Å²) >= 11 is 4.94. The van der Waals surface area contributed by atoms with Gasteiger partial charge in [-0.15, -0.1) is 0 Å². The number of halogens is 1. The number of aromatic nitrogens is 2. The second-order valence-electron chi connectivity index (χ2n) is 6.51. The molecule has 1 fully saturated rings. The number of rotatable bonds is 8. The van der Waals surface area contributed by atoms with Crippen LogP contribution in [0.2, 0.25) is 0 Å². The number of anilines is 2. The molecule has 1 amide bonds. The number of cyclic esters (lactones) is 1. The van der Waals surface area contributed by atoms with Crippen LogP contribution >= 0.6 is 12.2 Å². The Hall–Kier alpha value is -3.41. The zero-order valence-electron chi connectivity index (χ0n) is 16.0. The van der Waals surface area contributed by atoms with E-state index in [1.54, 1.807) is 13.0 Å². The van der Waals surface area contributed by atoms with E-state index in [0.29, 0.717) is 36.0 Å². The van der Waals surface area contributed by atoms with Gasteiger partial charge in [-0.3, -0.25) is 15.0 Å². The van der Waals surface area contributed by atoms with Gasteiger partial charge in [-0.1, -0.05) is 12.2 Å². The van der Waals surface area contributed by atoms with Crippen molar-refractivity contribution < 1.29 is 18.8 Å². The van der Waals surface area contributed by atoms with Crippen LogP contribution in [-0.2, 0) is 11.2 Å². The fourth-order valence-electron chi connectivity index (χ4n) is 2.79. The second-order valence-corrected chi connectivity index (χ2v) is 7.12. The van der Waals surface area contributed by atoms with E-state index in [0.717, 1.165) is 12.4 Å². The number of benzene rings is 1. The highest BCUT2D eigenvalue weighted by Crippen LogP contribution is 2.26. The number of nitro groups is 1. The summed E-state index contributed by atoms with van der Waals surface area (Å²) in [6.45, 7) is 2.74. The van der Waals surface area contributed by atoms with Gasteiger partial charge in [0.1, 0.15) is 30.1 Å². The number of hydrogen-bond donors (Lipinski definition) is 2. The first-order valence-electron chi connectivity index (χ1n) is 9.05. The summed E-state index contributed by atoms with van der Waals surface area (Å²) in [4.78, 5) is 31.9. The first kappa shape index (κ1) is 21.3. The summed E-state index contributed by atoms with van der Waals surface area (Å²) in [6, 6.07) is 4.41. The van der Waals surface area contributed by atoms with Crippen LogP contribution in [0.1, 0.15) is 12.7 Å². The van der Waals surface area contributed by atoms with E-state index in [2.05, 4.69) is 20.6 Å². The van der Waals surface area contributed by atoms with Gasteiger partial charge in [0.2, 0.25) is 0 Å². The molecule has 0 aliphatic carbocycles. The summed E-state index contributed by atoms with van der Waals surface area (Å²) in [6.07, 6.45) is 1.69. The lowest BCUT2D eigenvalue weighted by Gasteiger charge is -2.15. The lowest BCUT2D eigenvalue weighted by atomic mass is 10.2. The molecule has 2 heterocycles. The Bertz CT molecular complexity index is 958. The number of nitrogens with zero attached hydrogens (tertiary/aromatic N) is 4. The van der Waals surface area contributed by atoms with Gasteiger partial charge in [0.15, 0.2) is 0 Å². The summed E-state index contributed by atoms with van der Waals surface area (Å²) in [5, 5.41) is 16.5. The molecule has 0 unspecified atom stereocenters. The molecule has 1 saturated heterocycles. The highest BCUT2D eigenvalue weighted by Gasteiger charge is 2.32. The number of carbonyl (C=O) groups excluding carboxylic acids is 1. The molecule has 0 radical (unpaired) electrons. The van der Waals surface area contributed by atoms with Crippen LogP contribution in [0, 0.1) is 15.9 Å². The molecule has 12 heteroatoms. The first-order chi connectivity index (χ1) is 14.3. The van der Waals surface area contributed by atoms with Gasteiger partial charge in [0.25, 0.3) is 0 Å². The Morgan fingerprint density at radius 2 is 2.17 bits per heavy atom. The molecule has 0 saturated carbocycles. The van der Waals surface area contributed by atoms with Crippen molar-refractivity contribution in [3.8, 4) is 0 Å². The fourth-order valence-corrected chi connectivity index (χ4v) is 2.88. The third-order valence-electron chi connectivity index (χ3n) is 4.28. The van der Waals surface area contributed by atoms with Crippen molar-refractivity contribution in [1.29, 1.82) is 0 Å². The average molecular weight is 434 g/mol. The molecule has 1 aliphatic heterocycles. The molecular formula is C18H19FN6O4S. The van der Waals surface area contributed by atoms with Crippen molar-refractivity contribution in [2.75, 3.05) is 29.9 Å². The number of ether oxygens (including phenoxy) is 1. The molecule has 0 spiro atoms. The first-order valence-corrected chi connectivity index (χ1v) is 9.45. The third kappa shape index (κ3) is 5.35. The van der Waals surface area contributed by atoms with E-state index < -0.39 is 16.8 Å². The molecule has 1 atom stereocenters. The summed E-state index contributed by atoms with van der Waals surface area (Å²) in [5.74, 6) is -0.127. The SMILES string of the molecule is CC(=S)NC[C@H]1CN(c2ccc(NCCc3ncc([N+](=O)[O-])cn3)c(F)c2)C(=O)O1. The molecule has 2 aromatic rings. The van der Waals surface area contributed by atoms with Gasteiger partial charge in [0, 0.05) is 13.0 Å². The van der Waals surface area contributed by atoms with Gasteiger partial charge < -0.3 is 15.4 Å². The van der Waals surface area contributed by atoms with Crippen LogP contribution in [0.25, 0.3) is 0 Å². The van der Waals surface area contributed by atoms with Crippen LogP contribution < -0.4 is 15.5 Å². The minimum absolute atomic E-state index is 0.191. The molecule has 2 N–H and O–H groups in total. The van der Waals surface area contributed by atoms with Crippen LogP contribution in [0.5, 0.6) is 0 Å². The highest BCUT2D eigenvalue weighted by atomic mass is 32.1. The largest absolute Gasteiger partial charge is 0.442 e. The van der Waals surface area contributed by atoms with Crippen molar-refractivity contribution in [1.82, 2.24) is 15.3 Å². The number of nitrogens with one attached hydrogen (secondary N) is 2. The van der Waals surface area contributed by atoms with E-state index >= 15 is 0 Å². The van der Waals surface area contributed by atoms with Gasteiger partial charge in [-0.05, 0) is 25.1 Å². The Morgan fingerprint density at radius 3 is 2.80 bits per heavy atom. The van der Waals surface area contributed by atoms with Crippen LogP contribution in [0.4, 0.5) is 26.2 Å². The van der Waals surface area contributed by atoms with Gasteiger partial charge in [0.05, 0.1) is 34.4 Å². The quantitative estimate of drug-likeness (QED) is 0.366. The maximum absolute atomic E-state index is 14.5. The second kappa shape index (κ2) is 9.39. The zero-order valence-corrected chi connectivity index (χ0v) is 16.8. The van der Waals surface area contributed by atoms with Crippen molar-refractivity contribution in [3.05, 3.63) is 52.3 Å². The predicted molar refractivity (Wildman–Crippen MR) is 111 cm³/mol. The maximum Gasteiger partial charge on any atom is 0.414 e. The topological polar surface area (TPSA) is 123 Å². The third-order valence-corrected chi connectivity index (χ3v) is 4.43. The zero-order chi connectivity index (χ0) is 21.7. The van der Waals surface area contributed by atoms with E-state index in [-0.39, 0.29) is 24.0 Å². The Balaban J connectivity index is 1.55. The van der Waals surface area contributed by atoms with E-state index in [1.165, 1.54) is 17.0 Å². The van der Waals surface area contributed by atoms with E-state index in [9.17, 15) is 19.3 Å². The standard InChI is InChI=1S/C18H19FN6O4S/c1-11(30)21-9-14-10-24(18(26)29-14)12-2-3-16(15(19)6-12)20-5-4-17-22-7-13(8-23-17)25(27)28/h2-3,6-8,14,20H,4-5,9-10H2,1H3,(H,21,30)/t14-/m0/s1. The smallest absolute Gasteiger partial charge is 0.414 e. The fraction of sp³-hybridized carbons (Fsp3) is 0.333. The van der Waals surface area contributed by atoms with Crippen LogP contribution in [0.15, 0.2) is 30.6 Å². The summed E-state index contributed by atoms with van der Waals surface area (Å²) in [5.41, 5.74) is 0.454. The molecular weight excluding hydrogens is 415 g/mol. The molecule has 1 aromatic heterocycles. The van der Waals surface area contributed by atoms with Crippen molar-refractivity contribution in [2.24, 2.45) is 0 Å².